The molecule has 0 aliphatic heterocycles. The van der Waals surface area contributed by atoms with Crippen LogP contribution >= 0.6 is 11.3 Å². The van der Waals surface area contributed by atoms with Crippen LogP contribution in [0.1, 0.15) is 69.0 Å². The molecular formula is C22H32N2O2S. The molecule has 4 saturated carbocycles. The SMILES string of the molecule is CC(C)[C@@H](NC(=O)c1cccs1)C(=O)N[C@H](C)C12CC3CC(CC(C3)C1)C2. The van der Waals surface area contributed by atoms with E-state index in [0.29, 0.717) is 4.88 Å². The summed E-state index contributed by atoms with van der Waals surface area (Å²) in [5.41, 5.74) is 0.281. The Kier molecular flexibility index (Phi) is 5.08. The number of nitrogens with one attached hydrogen (secondary N) is 2. The Morgan fingerprint density at radius 1 is 1.04 bits per heavy atom. The van der Waals surface area contributed by atoms with Crippen molar-refractivity contribution in [2.24, 2.45) is 29.1 Å². The fourth-order valence-electron chi connectivity index (χ4n) is 6.32. The molecule has 5 heteroatoms. The van der Waals surface area contributed by atoms with Gasteiger partial charge in [0.15, 0.2) is 0 Å². The lowest BCUT2D eigenvalue weighted by atomic mass is 9.48. The van der Waals surface area contributed by atoms with Crippen LogP contribution in [0.5, 0.6) is 0 Å². The summed E-state index contributed by atoms with van der Waals surface area (Å²) in [4.78, 5) is 26.2. The van der Waals surface area contributed by atoms with Crippen LogP contribution in [0.3, 0.4) is 0 Å². The molecule has 0 saturated heterocycles. The molecule has 1 heterocycles. The summed E-state index contributed by atoms with van der Waals surface area (Å²) in [6.45, 7) is 6.19. The van der Waals surface area contributed by atoms with Crippen LogP contribution in [0, 0.1) is 29.1 Å². The maximum Gasteiger partial charge on any atom is 0.262 e. The van der Waals surface area contributed by atoms with Gasteiger partial charge in [0, 0.05) is 6.04 Å². The number of hydrogen-bond acceptors (Lipinski definition) is 3. The molecule has 1 aromatic rings. The largest absolute Gasteiger partial charge is 0.351 e. The average molecular weight is 389 g/mol. The Morgan fingerprint density at radius 3 is 2.11 bits per heavy atom. The summed E-state index contributed by atoms with van der Waals surface area (Å²) in [6, 6.07) is 3.35. The van der Waals surface area contributed by atoms with Crippen LogP contribution in [-0.2, 0) is 4.79 Å². The van der Waals surface area contributed by atoms with Gasteiger partial charge in [-0.1, -0.05) is 19.9 Å². The molecule has 4 nitrogen and oxygen atoms in total. The van der Waals surface area contributed by atoms with Crippen molar-refractivity contribution in [3.8, 4) is 0 Å². The maximum absolute atomic E-state index is 13.1. The minimum atomic E-state index is -0.490. The minimum Gasteiger partial charge on any atom is -0.351 e. The Hall–Kier alpha value is -1.36. The van der Waals surface area contributed by atoms with Crippen molar-refractivity contribution in [1.82, 2.24) is 10.6 Å². The topological polar surface area (TPSA) is 58.2 Å². The van der Waals surface area contributed by atoms with Crippen LogP contribution < -0.4 is 10.6 Å². The van der Waals surface area contributed by atoms with Gasteiger partial charge in [-0.3, -0.25) is 9.59 Å². The van der Waals surface area contributed by atoms with Crippen LogP contribution in [0.4, 0.5) is 0 Å². The van der Waals surface area contributed by atoms with E-state index >= 15 is 0 Å². The highest BCUT2D eigenvalue weighted by atomic mass is 32.1. The Bertz CT molecular complexity index is 662. The van der Waals surface area contributed by atoms with Gasteiger partial charge < -0.3 is 10.6 Å². The van der Waals surface area contributed by atoms with Gasteiger partial charge in [0.05, 0.1) is 4.88 Å². The van der Waals surface area contributed by atoms with Gasteiger partial charge in [-0.15, -0.1) is 11.3 Å². The van der Waals surface area contributed by atoms with E-state index in [1.807, 2.05) is 25.3 Å². The first kappa shape index (κ1) is 19.0. The molecule has 2 N–H and O–H groups in total. The molecule has 4 bridgehead atoms. The van der Waals surface area contributed by atoms with E-state index in [2.05, 4.69) is 17.6 Å². The number of carbonyl (C=O) groups excluding carboxylic acids is 2. The highest BCUT2D eigenvalue weighted by Gasteiger charge is 2.53. The van der Waals surface area contributed by atoms with Crippen LogP contribution in [0.15, 0.2) is 17.5 Å². The first-order valence-corrected chi connectivity index (χ1v) is 11.4. The number of carbonyl (C=O) groups is 2. The van der Waals surface area contributed by atoms with E-state index < -0.39 is 6.04 Å². The van der Waals surface area contributed by atoms with Crippen molar-refractivity contribution in [3.63, 3.8) is 0 Å². The standard InChI is InChI=1S/C22H32N2O2S/c1-13(2)19(24-20(25)18-5-4-6-27-18)21(26)23-14(3)22-10-15-7-16(11-22)9-17(8-15)12-22/h4-6,13-17,19H,7-12H2,1-3H3,(H,23,26)(H,24,25)/t14-,15?,16?,17?,19-,22?/m1/s1. The van der Waals surface area contributed by atoms with Crippen molar-refractivity contribution in [1.29, 1.82) is 0 Å². The number of thiophene rings is 1. The normalized spacial score (nSPS) is 33.7. The fraction of sp³-hybridized carbons (Fsp3) is 0.727. The molecule has 2 atom stereocenters. The number of rotatable bonds is 6. The molecule has 4 aliphatic rings. The van der Waals surface area contributed by atoms with E-state index in [1.165, 1.54) is 49.9 Å². The van der Waals surface area contributed by atoms with E-state index in [1.54, 1.807) is 6.07 Å². The molecule has 0 radical (unpaired) electrons. The smallest absolute Gasteiger partial charge is 0.262 e. The quantitative estimate of drug-likeness (QED) is 0.766. The molecular weight excluding hydrogens is 356 g/mol. The van der Waals surface area contributed by atoms with Crippen LogP contribution in [0.25, 0.3) is 0 Å². The lowest BCUT2D eigenvalue weighted by molar-refractivity contribution is -0.128. The Labute approximate surface area is 166 Å². The molecule has 2 amide bonds. The van der Waals surface area contributed by atoms with Crippen molar-refractivity contribution >= 4 is 23.2 Å². The lowest BCUT2D eigenvalue weighted by Crippen LogP contribution is -2.59. The summed E-state index contributed by atoms with van der Waals surface area (Å²) in [6.07, 6.45) is 8.04. The van der Waals surface area contributed by atoms with Gasteiger partial charge in [0.25, 0.3) is 5.91 Å². The van der Waals surface area contributed by atoms with E-state index in [-0.39, 0.29) is 29.2 Å². The summed E-state index contributed by atoms with van der Waals surface area (Å²) < 4.78 is 0. The molecule has 0 spiro atoms. The van der Waals surface area contributed by atoms with E-state index in [4.69, 9.17) is 0 Å². The second-order valence-corrected chi connectivity index (χ2v) is 10.6. The summed E-state index contributed by atoms with van der Waals surface area (Å²) >= 11 is 1.41. The van der Waals surface area contributed by atoms with Crippen LogP contribution in [0.2, 0.25) is 0 Å². The fourth-order valence-corrected chi connectivity index (χ4v) is 6.95. The first-order valence-electron chi connectivity index (χ1n) is 10.5. The predicted octanol–water partition coefficient (Wildman–Crippen LogP) is 4.22. The van der Waals surface area contributed by atoms with E-state index in [0.717, 1.165) is 17.8 Å². The van der Waals surface area contributed by atoms with Gasteiger partial charge in [-0.25, -0.2) is 0 Å². The Balaban J connectivity index is 1.42. The average Bonchev–Trinajstić information content (AvgIpc) is 3.12. The van der Waals surface area contributed by atoms with E-state index in [9.17, 15) is 9.59 Å². The minimum absolute atomic E-state index is 0.0295. The lowest BCUT2D eigenvalue weighted by Gasteiger charge is -2.59. The molecule has 4 aliphatic carbocycles. The third-order valence-corrected chi connectivity index (χ3v) is 8.21. The number of amides is 2. The van der Waals surface area contributed by atoms with Crippen LogP contribution in [-0.4, -0.2) is 23.9 Å². The summed E-state index contributed by atoms with van der Waals surface area (Å²) in [7, 11) is 0. The Morgan fingerprint density at radius 2 is 1.63 bits per heavy atom. The second kappa shape index (κ2) is 7.23. The molecule has 148 valence electrons. The van der Waals surface area contributed by atoms with Gasteiger partial charge >= 0.3 is 0 Å². The van der Waals surface area contributed by atoms with Crippen molar-refractivity contribution in [2.45, 2.75) is 71.4 Å². The van der Waals surface area contributed by atoms with Gasteiger partial charge in [-0.05, 0) is 86.0 Å². The first-order chi connectivity index (χ1) is 12.9. The molecule has 1 aromatic heterocycles. The third-order valence-electron chi connectivity index (χ3n) is 7.34. The zero-order valence-electron chi connectivity index (χ0n) is 16.7. The highest BCUT2D eigenvalue weighted by molar-refractivity contribution is 7.12. The van der Waals surface area contributed by atoms with Gasteiger partial charge in [0.2, 0.25) is 5.91 Å². The second-order valence-electron chi connectivity index (χ2n) is 9.68. The van der Waals surface area contributed by atoms with Crippen molar-refractivity contribution in [3.05, 3.63) is 22.4 Å². The molecule has 4 fully saturated rings. The van der Waals surface area contributed by atoms with Crippen molar-refractivity contribution < 1.29 is 9.59 Å². The van der Waals surface area contributed by atoms with Crippen molar-refractivity contribution in [2.75, 3.05) is 0 Å². The summed E-state index contributed by atoms with van der Waals surface area (Å²) in [5, 5.41) is 8.16. The zero-order valence-corrected chi connectivity index (χ0v) is 17.5. The molecule has 5 rings (SSSR count). The molecule has 0 aromatic carbocycles. The third kappa shape index (κ3) is 3.67. The number of hydrogen-bond donors (Lipinski definition) is 2. The molecule has 0 unspecified atom stereocenters. The summed E-state index contributed by atoms with van der Waals surface area (Å²) in [5.74, 6) is 2.48. The zero-order chi connectivity index (χ0) is 19.2. The maximum atomic E-state index is 13.1. The highest BCUT2D eigenvalue weighted by Crippen LogP contribution is 2.61. The predicted molar refractivity (Wildman–Crippen MR) is 109 cm³/mol. The van der Waals surface area contributed by atoms with Gasteiger partial charge in [-0.2, -0.15) is 0 Å². The monoisotopic (exact) mass is 388 g/mol. The molecule has 27 heavy (non-hydrogen) atoms. The van der Waals surface area contributed by atoms with Gasteiger partial charge in [0.1, 0.15) is 6.04 Å².